The highest BCUT2D eigenvalue weighted by Gasteiger charge is 2.33. The highest BCUT2D eigenvalue weighted by Crippen LogP contribution is 2.28. The van der Waals surface area contributed by atoms with Crippen LogP contribution in [0.15, 0.2) is 18.2 Å². The van der Waals surface area contributed by atoms with E-state index in [0.717, 1.165) is 16.1 Å². The molecule has 6 nitrogen and oxygen atoms in total. The summed E-state index contributed by atoms with van der Waals surface area (Å²) in [6.07, 6.45) is 1.09. The van der Waals surface area contributed by atoms with Gasteiger partial charge in [-0.05, 0) is 31.5 Å². The summed E-state index contributed by atoms with van der Waals surface area (Å²) in [4.78, 5) is 14.3. The minimum atomic E-state index is -3.64. The van der Waals surface area contributed by atoms with Gasteiger partial charge in [0.1, 0.15) is 6.04 Å². The van der Waals surface area contributed by atoms with Gasteiger partial charge in [-0.25, -0.2) is 8.42 Å². The quantitative estimate of drug-likeness (QED) is 0.819. The molecule has 1 heterocycles. The summed E-state index contributed by atoms with van der Waals surface area (Å²) in [6.45, 7) is 5.25. The van der Waals surface area contributed by atoms with Gasteiger partial charge in [0.2, 0.25) is 15.9 Å². The first-order valence-electron chi connectivity index (χ1n) is 7.34. The third-order valence-electron chi connectivity index (χ3n) is 3.80. The predicted molar refractivity (Wildman–Crippen MR) is 90.4 cm³/mol. The number of ether oxygens (including phenoxy) is 1. The number of carbonyl (C=O) groups excluding carboxylic acids is 1. The van der Waals surface area contributed by atoms with Gasteiger partial charge in [0, 0.05) is 18.1 Å². The SMILES string of the molecule is Cc1ccc(Cl)cc1N([C@H](C)C(=O)N1CCOCC1)S(C)(=O)=O. The van der Waals surface area contributed by atoms with E-state index in [1.165, 1.54) is 0 Å². The fourth-order valence-corrected chi connectivity index (χ4v) is 4.03. The number of rotatable bonds is 4. The summed E-state index contributed by atoms with van der Waals surface area (Å²) >= 11 is 6.01. The zero-order valence-corrected chi connectivity index (χ0v) is 15.0. The maximum absolute atomic E-state index is 12.7. The van der Waals surface area contributed by atoms with Crippen LogP contribution in [-0.4, -0.2) is 57.8 Å². The molecule has 1 amide bonds. The lowest BCUT2D eigenvalue weighted by Crippen LogP contribution is -2.52. The number of morpholine rings is 1. The van der Waals surface area contributed by atoms with E-state index < -0.39 is 16.1 Å². The number of hydrogen-bond acceptors (Lipinski definition) is 4. The predicted octanol–water partition coefficient (Wildman–Crippen LogP) is 1.66. The van der Waals surface area contributed by atoms with Crippen LogP contribution in [0.5, 0.6) is 0 Å². The smallest absolute Gasteiger partial charge is 0.246 e. The van der Waals surface area contributed by atoms with Crippen LogP contribution in [-0.2, 0) is 19.6 Å². The Morgan fingerprint density at radius 2 is 1.96 bits per heavy atom. The molecule has 0 unspecified atom stereocenters. The molecule has 0 aromatic heterocycles. The van der Waals surface area contributed by atoms with Crippen LogP contribution in [0.3, 0.4) is 0 Å². The van der Waals surface area contributed by atoms with Crippen LogP contribution in [0.4, 0.5) is 5.69 Å². The zero-order valence-electron chi connectivity index (χ0n) is 13.5. The van der Waals surface area contributed by atoms with Crippen molar-refractivity contribution in [1.29, 1.82) is 0 Å². The number of anilines is 1. The third-order valence-corrected chi connectivity index (χ3v) is 5.26. The summed E-state index contributed by atoms with van der Waals surface area (Å²) in [6, 6.07) is 4.15. The third kappa shape index (κ3) is 4.16. The van der Waals surface area contributed by atoms with Crippen molar-refractivity contribution in [3.63, 3.8) is 0 Å². The number of nitrogens with zero attached hydrogens (tertiary/aromatic N) is 2. The number of carbonyl (C=O) groups is 1. The van der Waals surface area contributed by atoms with E-state index in [1.54, 1.807) is 36.9 Å². The van der Waals surface area contributed by atoms with Crippen LogP contribution in [0.1, 0.15) is 12.5 Å². The van der Waals surface area contributed by atoms with Gasteiger partial charge in [-0.15, -0.1) is 0 Å². The van der Waals surface area contributed by atoms with Crippen molar-refractivity contribution < 1.29 is 17.9 Å². The van der Waals surface area contributed by atoms with Gasteiger partial charge >= 0.3 is 0 Å². The Kier molecular flexibility index (Phi) is 5.54. The van der Waals surface area contributed by atoms with E-state index in [2.05, 4.69) is 0 Å². The number of aryl methyl sites for hydroxylation is 1. The Morgan fingerprint density at radius 3 is 2.52 bits per heavy atom. The lowest BCUT2D eigenvalue weighted by molar-refractivity contribution is -0.136. The van der Waals surface area contributed by atoms with Crippen molar-refractivity contribution in [2.24, 2.45) is 0 Å². The highest BCUT2D eigenvalue weighted by molar-refractivity contribution is 7.92. The van der Waals surface area contributed by atoms with E-state index in [9.17, 15) is 13.2 Å². The standard InChI is InChI=1S/C15H21ClN2O4S/c1-11-4-5-13(16)10-14(11)18(23(3,20)21)12(2)15(19)17-6-8-22-9-7-17/h4-5,10,12H,6-9H2,1-3H3/t12-/m1/s1. The Hall–Kier alpha value is -1.31. The first-order chi connectivity index (χ1) is 10.7. The first-order valence-corrected chi connectivity index (χ1v) is 9.56. The van der Waals surface area contributed by atoms with Crippen molar-refractivity contribution in [3.8, 4) is 0 Å². The van der Waals surface area contributed by atoms with Crippen LogP contribution in [0, 0.1) is 6.92 Å². The Morgan fingerprint density at radius 1 is 1.35 bits per heavy atom. The molecule has 0 spiro atoms. The molecular weight excluding hydrogens is 340 g/mol. The monoisotopic (exact) mass is 360 g/mol. The Labute approximate surface area is 142 Å². The molecule has 23 heavy (non-hydrogen) atoms. The summed E-state index contributed by atoms with van der Waals surface area (Å²) in [5.41, 5.74) is 1.16. The van der Waals surface area contributed by atoms with E-state index >= 15 is 0 Å². The van der Waals surface area contributed by atoms with Crippen LogP contribution < -0.4 is 4.31 Å². The second kappa shape index (κ2) is 7.07. The van der Waals surface area contributed by atoms with Crippen molar-refractivity contribution in [2.45, 2.75) is 19.9 Å². The minimum Gasteiger partial charge on any atom is -0.378 e. The minimum absolute atomic E-state index is 0.238. The largest absolute Gasteiger partial charge is 0.378 e. The molecule has 1 aliphatic rings. The molecule has 1 saturated heterocycles. The molecule has 1 aromatic rings. The van der Waals surface area contributed by atoms with Crippen molar-refractivity contribution in [3.05, 3.63) is 28.8 Å². The first kappa shape index (κ1) is 18.0. The van der Waals surface area contributed by atoms with Crippen LogP contribution >= 0.6 is 11.6 Å². The fraction of sp³-hybridized carbons (Fsp3) is 0.533. The van der Waals surface area contributed by atoms with Gasteiger partial charge in [-0.2, -0.15) is 0 Å². The zero-order chi connectivity index (χ0) is 17.2. The number of amides is 1. The maximum atomic E-state index is 12.7. The summed E-state index contributed by atoms with van der Waals surface area (Å²) in [5, 5.41) is 0.422. The summed E-state index contributed by atoms with van der Waals surface area (Å²) in [5.74, 6) is -0.238. The Bertz CT molecular complexity index is 687. The molecule has 128 valence electrons. The number of hydrogen-bond donors (Lipinski definition) is 0. The molecular formula is C15H21ClN2O4S. The van der Waals surface area contributed by atoms with Crippen molar-refractivity contribution >= 4 is 33.2 Å². The second-order valence-electron chi connectivity index (χ2n) is 5.60. The number of benzene rings is 1. The van der Waals surface area contributed by atoms with Crippen molar-refractivity contribution in [2.75, 3.05) is 36.9 Å². The second-order valence-corrected chi connectivity index (χ2v) is 7.90. The molecule has 0 radical (unpaired) electrons. The molecule has 1 atom stereocenters. The van der Waals surface area contributed by atoms with Crippen LogP contribution in [0.25, 0.3) is 0 Å². The normalized spacial score (nSPS) is 17.0. The highest BCUT2D eigenvalue weighted by atomic mass is 35.5. The van der Waals surface area contributed by atoms with E-state index in [0.29, 0.717) is 37.0 Å². The molecule has 0 aliphatic carbocycles. The average Bonchev–Trinajstić information content (AvgIpc) is 2.49. The molecule has 0 saturated carbocycles. The molecule has 0 bridgehead atoms. The maximum Gasteiger partial charge on any atom is 0.246 e. The summed E-state index contributed by atoms with van der Waals surface area (Å²) in [7, 11) is -3.64. The van der Waals surface area contributed by atoms with Gasteiger partial charge < -0.3 is 9.64 Å². The molecule has 0 N–H and O–H groups in total. The fourth-order valence-electron chi connectivity index (χ4n) is 2.64. The molecule has 1 aliphatic heterocycles. The van der Waals surface area contributed by atoms with Crippen LogP contribution in [0.2, 0.25) is 5.02 Å². The van der Waals surface area contributed by atoms with E-state index in [-0.39, 0.29) is 5.91 Å². The van der Waals surface area contributed by atoms with Gasteiger partial charge in [0.05, 0.1) is 25.2 Å². The molecule has 1 aromatic carbocycles. The topological polar surface area (TPSA) is 66.9 Å². The molecule has 2 rings (SSSR count). The van der Waals surface area contributed by atoms with Gasteiger partial charge in [-0.1, -0.05) is 17.7 Å². The van der Waals surface area contributed by atoms with E-state index in [4.69, 9.17) is 16.3 Å². The number of sulfonamides is 1. The van der Waals surface area contributed by atoms with Crippen molar-refractivity contribution in [1.82, 2.24) is 4.90 Å². The summed E-state index contributed by atoms with van der Waals surface area (Å²) < 4.78 is 31.0. The molecule has 1 fully saturated rings. The van der Waals surface area contributed by atoms with E-state index in [1.807, 2.05) is 0 Å². The lowest BCUT2D eigenvalue weighted by atomic mass is 10.1. The molecule has 8 heteroatoms. The lowest BCUT2D eigenvalue weighted by Gasteiger charge is -2.35. The average molecular weight is 361 g/mol. The van der Waals surface area contributed by atoms with Gasteiger partial charge in [-0.3, -0.25) is 9.10 Å². The number of halogens is 1. The van der Waals surface area contributed by atoms with Gasteiger partial charge in [0.25, 0.3) is 0 Å². The van der Waals surface area contributed by atoms with Gasteiger partial charge in [0.15, 0.2) is 0 Å². The Balaban J connectivity index is 2.39.